The predicted molar refractivity (Wildman–Crippen MR) is 31.4 cm³/mol. The number of hydroxylamine groups is 1. The van der Waals surface area contributed by atoms with Gasteiger partial charge in [0.2, 0.25) is 0 Å². The van der Waals surface area contributed by atoms with Crippen LogP contribution in [0.1, 0.15) is 27.2 Å². The van der Waals surface area contributed by atoms with E-state index < -0.39 is 0 Å². The Morgan fingerprint density at radius 1 is 1.43 bits per heavy atom. The molecule has 0 saturated carbocycles. The van der Waals surface area contributed by atoms with E-state index in [0.717, 1.165) is 6.42 Å². The molecular weight excluding hydrogens is 90.1 g/mol. The van der Waals surface area contributed by atoms with Gasteiger partial charge in [0.15, 0.2) is 0 Å². The minimum atomic E-state index is 0.694. The summed E-state index contributed by atoms with van der Waals surface area (Å²) in [6.07, 6.45) is 0.983. The highest BCUT2D eigenvalue weighted by Gasteiger charge is 1.66. The molecule has 0 bridgehead atoms. The van der Waals surface area contributed by atoms with Gasteiger partial charge in [-0.1, -0.05) is 20.8 Å². The lowest BCUT2D eigenvalue weighted by Gasteiger charge is -1.83. The maximum absolute atomic E-state index is 7.82. The molecule has 0 unspecified atom stereocenters. The van der Waals surface area contributed by atoms with Gasteiger partial charge in [0.1, 0.15) is 0 Å². The van der Waals surface area contributed by atoms with E-state index in [4.69, 9.17) is 5.21 Å². The van der Waals surface area contributed by atoms with E-state index in [0.29, 0.717) is 6.54 Å². The van der Waals surface area contributed by atoms with Crippen LogP contribution in [0.4, 0.5) is 0 Å². The minimum Gasteiger partial charge on any atom is -0.317 e. The molecule has 0 spiro atoms. The van der Waals surface area contributed by atoms with Crippen LogP contribution in [0.15, 0.2) is 0 Å². The molecular formula is C5H15NO. The first-order chi connectivity index (χ1) is 3.41. The monoisotopic (exact) mass is 105 g/mol. The summed E-state index contributed by atoms with van der Waals surface area (Å²) in [5, 5.41) is 7.82. The lowest BCUT2D eigenvalue weighted by Crippen LogP contribution is -2.06. The van der Waals surface area contributed by atoms with Crippen molar-refractivity contribution >= 4 is 0 Å². The van der Waals surface area contributed by atoms with Crippen LogP contribution in [0.5, 0.6) is 0 Å². The predicted octanol–water partition coefficient (Wildman–Crippen LogP) is 1.40. The quantitative estimate of drug-likeness (QED) is 0.520. The second-order valence-electron chi connectivity index (χ2n) is 0.908. The van der Waals surface area contributed by atoms with Gasteiger partial charge in [0.05, 0.1) is 0 Å². The zero-order valence-corrected chi connectivity index (χ0v) is 5.36. The van der Waals surface area contributed by atoms with Crippen LogP contribution in [0.2, 0.25) is 0 Å². The Labute approximate surface area is 45.5 Å². The van der Waals surface area contributed by atoms with Gasteiger partial charge in [-0.2, -0.15) is 0 Å². The van der Waals surface area contributed by atoms with E-state index >= 15 is 0 Å². The second-order valence-corrected chi connectivity index (χ2v) is 0.908. The Morgan fingerprint density at radius 2 is 1.86 bits per heavy atom. The van der Waals surface area contributed by atoms with E-state index in [1.165, 1.54) is 0 Å². The highest BCUT2D eigenvalue weighted by molar-refractivity contribution is 4.22. The molecule has 0 heterocycles. The summed E-state index contributed by atoms with van der Waals surface area (Å²) >= 11 is 0. The van der Waals surface area contributed by atoms with Gasteiger partial charge >= 0.3 is 0 Å². The molecule has 46 valence electrons. The van der Waals surface area contributed by atoms with Crippen molar-refractivity contribution in [2.24, 2.45) is 0 Å². The summed E-state index contributed by atoms with van der Waals surface area (Å²) in [4.78, 5) is 0. The van der Waals surface area contributed by atoms with Crippen molar-refractivity contribution < 1.29 is 5.21 Å². The summed E-state index contributed by atoms with van der Waals surface area (Å²) in [6.45, 7) is 6.68. The number of nitrogens with one attached hydrogen (secondary N) is 1. The van der Waals surface area contributed by atoms with Crippen LogP contribution >= 0.6 is 0 Å². The zero-order valence-electron chi connectivity index (χ0n) is 5.36. The van der Waals surface area contributed by atoms with Gasteiger partial charge in [-0.15, -0.1) is 0 Å². The first kappa shape index (κ1) is 10.0. The largest absolute Gasteiger partial charge is 0.317 e. The van der Waals surface area contributed by atoms with Crippen LogP contribution in [-0.2, 0) is 0 Å². The molecule has 2 N–H and O–H groups in total. The average molecular weight is 105 g/mol. The number of hydrogen-bond acceptors (Lipinski definition) is 2. The molecule has 7 heavy (non-hydrogen) atoms. The van der Waals surface area contributed by atoms with Gasteiger partial charge < -0.3 is 5.21 Å². The molecule has 0 aromatic heterocycles. The highest BCUT2D eigenvalue weighted by Crippen LogP contribution is 1.62. The molecule has 0 amide bonds. The van der Waals surface area contributed by atoms with Crippen molar-refractivity contribution in [1.82, 2.24) is 5.48 Å². The Kier molecular flexibility index (Phi) is 24.1. The van der Waals surface area contributed by atoms with Crippen LogP contribution in [-0.4, -0.2) is 11.8 Å². The van der Waals surface area contributed by atoms with E-state index in [2.05, 4.69) is 0 Å². The molecule has 0 rings (SSSR count). The molecule has 2 nitrogen and oxygen atoms in total. The van der Waals surface area contributed by atoms with Crippen molar-refractivity contribution in [2.75, 3.05) is 6.54 Å². The zero-order chi connectivity index (χ0) is 6.12. The first-order valence-electron chi connectivity index (χ1n) is 2.78. The Bertz CT molecular complexity index is 15.6. The maximum Gasteiger partial charge on any atom is 0.0204 e. The Morgan fingerprint density at radius 3 is 1.86 bits per heavy atom. The van der Waals surface area contributed by atoms with E-state index in [1.54, 1.807) is 0 Å². The molecule has 0 atom stereocenters. The summed E-state index contributed by atoms with van der Waals surface area (Å²) in [5.41, 5.74) is 2.02. The first-order valence-corrected chi connectivity index (χ1v) is 2.78. The molecule has 0 radical (unpaired) electrons. The van der Waals surface area contributed by atoms with Crippen molar-refractivity contribution in [1.29, 1.82) is 0 Å². The van der Waals surface area contributed by atoms with Crippen LogP contribution in [0.25, 0.3) is 0 Å². The molecule has 0 aromatic rings. The van der Waals surface area contributed by atoms with Gasteiger partial charge in [-0.05, 0) is 6.42 Å². The SMILES string of the molecule is CC.CCCNO. The Hall–Kier alpha value is -0.0800. The number of rotatable bonds is 2. The highest BCUT2D eigenvalue weighted by atomic mass is 16.5. The van der Waals surface area contributed by atoms with Crippen molar-refractivity contribution in [2.45, 2.75) is 27.2 Å². The Balaban J connectivity index is 0. The van der Waals surface area contributed by atoms with Crippen molar-refractivity contribution in [3.8, 4) is 0 Å². The summed E-state index contributed by atoms with van der Waals surface area (Å²) < 4.78 is 0. The van der Waals surface area contributed by atoms with Crippen molar-refractivity contribution in [3.05, 3.63) is 0 Å². The third kappa shape index (κ3) is 24.7. The number of hydrogen-bond donors (Lipinski definition) is 2. The third-order valence-corrected chi connectivity index (χ3v) is 0.362. The topological polar surface area (TPSA) is 32.3 Å². The molecule has 0 aliphatic rings. The van der Waals surface area contributed by atoms with Crippen LogP contribution in [0.3, 0.4) is 0 Å². The molecule has 2 heteroatoms. The molecule has 0 saturated heterocycles. The fourth-order valence-electron chi connectivity index (χ4n) is 0.112. The van der Waals surface area contributed by atoms with Gasteiger partial charge in [0.25, 0.3) is 0 Å². The smallest absolute Gasteiger partial charge is 0.0204 e. The fourth-order valence-corrected chi connectivity index (χ4v) is 0.112. The van der Waals surface area contributed by atoms with Gasteiger partial charge in [-0.3, -0.25) is 0 Å². The molecule has 0 aromatic carbocycles. The van der Waals surface area contributed by atoms with Crippen LogP contribution in [0, 0.1) is 0 Å². The summed E-state index contributed by atoms with van der Waals surface area (Å²) in [6, 6.07) is 0. The molecule has 0 fully saturated rings. The summed E-state index contributed by atoms with van der Waals surface area (Å²) in [5.74, 6) is 0. The van der Waals surface area contributed by atoms with Gasteiger partial charge in [-0.25, -0.2) is 5.48 Å². The second kappa shape index (κ2) is 16.8. The van der Waals surface area contributed by atoms with Crippen molar-refractivity contribution in [3.63, 3.8) is 0 Å². The molecule has 0 aliphatic heterocycles. The summed E-state index contributed by atoms with van der Waals surface area (Å²) in [7, 11) is 0. The van der Waals surface area contributed by atoms with Gasteiger partial charge in [0, 0.05) is 6.54 Å². The van der Waals surface area contributed by atoms with Crippen LogP contribution < -0.4 is 5.48 Å². The molecule has 0 aliphatic carbocycles. The maximum atomic E-state index is 7.82. The lowest BCUT2D eigenvalue weighted by molar-refractivity contribution is 0.167. The normalized spacial score (nSPS) is 6.86. The fraction of sp³-hybridized carbons (Fsp3) is 1.00. The minimum absolute atomic E-state index is 0.694. The lowest BCUT2D eigenvalue weighted by atomic mass is 10.5. The van der Waals surface area contributed by atoms with E-state index in [1.807, 2.05) is 26.3 Å². The third-order valence-electron chi connectivity index (χ3n) is 0.362. The average Bonchev–Trinajstić information content (AvgIpc) is 1.75. The van der Waals surface area contributed by atoms with E-state index in [9.17, 15) is 0 Å². The van der Waals surface area contributed by atoms with E-state index in [-0.39, 0.29) is 0 Å². The standard InChI is InChI=1S/C3H9NO.C2H6/c1-2-3-4-5;1-2/h4-5H,2-3H2,1H3;1-2H3.